The van der Waals surface area contributed by atoms with E-state index in [1.54, 1.807) is 29.5 Å². The van der Waals surface area contributed by atoms with Gasteiger partial charge in [0.2, 0.25) is 0 Å². The van der Waals surface area contributed by atoms with Crippen molar-refractivity contribution >= 4 is 29.0 Å². The van der Waals surface area contributed by atoms with Crippen LogP contribution in [0, 0.1) is 0 Å². The average molecular weight is 304 g/mol. The van der Waals surface area contributed by atoms with Crippen LogP contribution in [0.2, 0.25) is 0 Å². The van der Waals surface area contributed by atoms with E-state index in [0.29, 0.717) is 12.2 Å². The van der Waals surface area contributed by atoms with E-state index in [1.165, 1.54) is 7.11 Å². The molecule has 1 aromatic heterocycles. The third-order valence-electron chi connectivity index (χ3n) is 2.76. The van der Waals surface area contributed by atoms with Gasteiger partial charge in [0.1, 0.15) is 0 Å². The molecule has 6 heteroatoms. The standard InChI is InChI=1S/C15H16N2O3S/c1-20-14(18)9-11-4-2-5-12(8-11)17-15(19)16-10-13-6-3-7-21-13/h2-8H,9-10H2,1H3,(H2,16,17,19). The maximum atomic E-state index is 11.8. The van der Waals surface area contributed by atoms with E-state index in [-0.39, 0.29) is 18.4 Å². The van der Waals surface area contributed by atoms with Gasteiger partial charge in [-0.1, -0.05) is 18.2 Å². The molecule has 0 saturated heterocycles. The number of carbonyl (C=O) groups excluding carboxylic acids is 2. The van der Waals surface area contributed by atoms with Crippen molar-refractivity contribution in [1.82, 2.24) is 5.32 Å². The minimum Gasteiger partial charge on any atom is -0.469 e. The molecule has 21 heavy (non-hydrogen) atoms. The fraction of sp³-hybridized carbons (Fsp3) is 0.200. The molecule has 0 spiro atoms. The van der Waals surface area contributed by atoms with Crippen LogP contribution in [0.1, 0.15) is 10.4 Å². The van der Waals surface area contributed by atoms with Gasteiger partial charge in [0, 0.05) is 10.6 Å². The molecule has 0 aliphatic heterocycles. The predicted molar refractivity (Wildman–Crippen MR) is 82.3 cm³/mol. The Morgan fingerprint density at radius 2 is 2.10 bits per heavy atom. The van der Waals surface area contributed by atoms with Gasteiger partial charge in [-0.05, 0) is 29.1 Å². The van der Waals surface area contributed by atoms with Gasteiger partial charge in [-0.2, -0.15) is 0 Å². The molecule has 0 aliphatic carbocycles. The molecule has 0 atom stereocenters. The number of anilines is 1. The highest BCUT2D eigenvalue weighted by atomic mass is 32.1. The molecule has 1 heterocycles. The zero-order chi connectivity index (χ0) is 15.1. The zero-order valence-electron chi connectivity index (χ0n) is 11.6. The van der Waals surface area contributed by atoms with Crippen LogP contribution in [-0.4, -0.2) is 19.1 Å². The van der Waals surface area contributed by atoms with Crippen LogP contribution in [0.5, 0.6) is 0 Å². The van der Waals surface area contributed by atoms with Gasteiger partial charge in [0.15, 0.2) is 0 Å². The van der Waals surface area contributed by atoms with Crippen LogP contribution in [0.25, 0.3) is 0 Å². The highest BCUT2D eigenvalue weighted by Gasteiger charge is 2.06. The highest BCUT2D eigenvalue weighted by Crippen LogP contribution is 2.12. The highest BCUT2D eigenvalue weighted by molar-refractivity contribution is 7.09. The summed E-state index contributed by atoms with van der Waals surface area (Å²) in [7, 11) is 1.35. The smallest absolute Gasteiger partial charge is 0.319 e. The van der Waals surface area contributed by atoms with Crippen molar-refractivity contribution in [2.75, 3.05) is 12.4 Å². The van der Waals surface area contributed by atoms with E-state index in [4.69, 9.17) is 0 Å². The van der Waals surface area contributed by atoms with Gasteiger partial charge in [0.05, 0.1) is 20.1 Å². The normalized spacial score (nSPS) is 9.95. The number of urea groups is 1. The lowest BCUT2D eigenvalue weighted by Gasteiger charge is -2.08. The minimum atomic E-state index is -0.311. The summed E-state index contributed by atoms with van der Waals surface area (Å²) in [6.45, 7) is 0.491. The Balaban J connectivity index is 1.88. The van der Waals surface area contributed by atoms with E-state index < -0.39 is 0 Å². The van der Waals surface area contributed by atoms with Crippen LogP contribution in [0.4, 0.5) is 10.5 Å². The van der Waals surface area contributed by atoms with Crippen LogP contribution < -0.4 is 10.6 Å². The van der Waals surface area contributed by atoms with E-state index >= 15 is 0 Å². The van der Waals surface area contributed by atoms with E-state index in [1.807, 2.05) is 23.6 Å². The molecule has 2 rings (SSSR count). The lowest BCUT2D eigenvalue weighted by Crippen LogP contribution is -2.27. The predicted octanol–water partition coefficient (Wildman–Crippen LogP) is 2.79. The molecule has 0 unspecified atom stereocenters. The largest absolute Gasteiger partial charge is 0.469 e. The van der Waals surface area contributed by atoms with Crippen LogP contribution in [0.15, 0.2) is 41.8 Å². The van der Waals surface area contributed by atoms with Crippen LogP contribution in [0.3, 0.4) is 0 Å². The Kier molecular flexibility index (Phi) is 5.34. The van der Waals surface area contributed by atoms with Crippen molar-refractivity contribution in [3.05, 3.63) is 52.2 Å². The van der Waals surface area contributed by atoms with Gasteiger partial charge in [-0.3, -0.25) is 4.79 Å². The van der Waals surface area contributed by atoms with Gasteiger partial charge < -0.3 is 15.4 Å². The fourth-order valence-corrected chi connectivity index (χ4v) is 2.40. The van der Waals surface area contributed by atoms with E-state index in [0.717, 1.165) is 10.4 Å². The molecule has 1 aromatic carbocycles. The number of amides is 2. The van der Waals surface area contributed by atoms with Gasteiger partial charge in [-0.15, -0.1) is 11.3 Å². The number of carbonyl (C=O) groups is 2. The first-order valence-corrected chi connectivity index (χ1v) is 7.28. The Morgan fingerprint density at radius 3 is 2.81 bits per heavy atom. The molecule has 5 nitrogen and oxygen atoms in total. The third kappa shape index (κ3) is 4.92. The molecule has 2 amide bonds. The molecule has 0 radical (unpaired) electrons. The number of hydrogen-bond donors (Lipinski definition) is 2. The third-order valence-corrected chi connectivity index (χ3v) is 3.64. The van der Waals surface area contributed by atoms with Crippen LogP contribution in [-0.2, 0) is 22.5 Å². The summed E-state index contributed by atoms with van der Waals surface area (Å²) in [4.78, 5) is 24.1. The minimum absolute atomic E-state index is 0.183. The summed E-state index contributed by atoms with van der Waals surface area (Å²) in [5, 5.41) is 7.48. The quantitative estimate of drug-likeness (QED) is 0.835. The monoisotopic (exact) mass is 304 g/mol. The maximum absolute atomic E-state index is 11.8. The Labute approximate surface area is 126 Å². The van der Waals surface area contributed by atoms with Crippen molar-refractivity contribution in [3.63, 3.8) is 0 Å². The first-order chi connectivity index (χ1) is 10.2. The molecule has 110 valence electrons. The lowest BCUT2D eigenvalue weighted by molar-refractivity contribution is -0.139. The summed E-state index contributed by atoms with van der Waals surface area (Å²) in [5.41, 5.74) is 1.43. The number of hydrogen-bond acceptors (Lipinski definition) is 4. The first kappa shape index (κ1) is 15.1. The molecule has 2 N–H and O–H groups in total. The number of thiophene rings is 1. The topological polar surface area (TPSA) is 67.4 Å². The number of nitrogens with one attached hydrogen (secondary N) is 2. The summed E-state index contributed by atoms with van der Waals surface area (Å²) >= 11 is 1.59. The number of ether oxygens (including phenoxy) is 1. The molecule has 2 aromatic rings. The van der Waals surface area contributed by atoms with E-state index in [2.05, 4.69) is 15.4 Å². The molecule has 0 aliphatic rings. The second-order valence-corrected chi connectivity index (χ2v) is 5.37. The molecule has 0 fully saturated rings. The fourth-order valence-electron chi connectivity index (χ4n) is 1.75. The lowest BCUT2D eigenvalue weighted by atomic mass is 10.1. The Morgan fingerprint density at radius 1 is 1.24 bits per heavy atom. The van der Waals surface area contributed by atoms with Crippen molar-refractivity contribution in [1.29, 1.82) is 0 Å². The van der Waals surface area contributed by atoms with Crippen molar-refractivity contribution in [3.8, 4) is 0 Å². The second kappa shape index (κ2) is 7.44. The Bertz CT molecular complexity index is 611. The van der Waals surface area contributed by atoms with Gasteiger partial charge in [-0.25, -0.2) is 4.79 Å². The summed E-state index contributed by atoms with van der Waals surface area (Å²) in [5.74, 6) is -0.311. The van der Waals surface area contributed by atoms with Gasteiger partial charge >= 0.3 is 12.0 Å². The summed E-state index contributed by atoms with van der Waals surface area (Å²) in [6, 6.07) is 10.7. The number of esters is 1. The number of rotatable bonds is 5. The Hall–Kier alpha value is -2.34. The SMILES string of the molecule is COC(=O)Cc1cccc(NC(=O)NCc2cccs2)c1. The number of benzene rings is 1. The molecule has 0 bridgehead atoms. The van der Waals surface area contributed by atoms with Crippen LogP contribution >= 0.6 is 11.3 Å². The molecule has 0 saturated carbocycles. The number of methoxy groups -OCH3 is 1. The van der Waals surface area contributed by atoms with Gasteiger partial charge in [0.25, 0.3) is 0 Å². The van der Waals surface area contributed by atoms with E-state index in [9.17, 15) is 9.59 Å². The summed E-state index contributed by atoms with van der Waals surface area (Å²) in [6.07, 6.45) is 0.183. The van der Waals surface area contributed by atoms with Crippen molar-refractivity contribution in [2.24, 2.45) is 0 Å². The van der Waals surface area contributed by atoms with Crippen molar-refractivity contribution < 1.29 is 14.3 Å². The maximum Gasteiger partial charge on any atom is 0.319 e. The molecular formula is C15H16N2O3S. The average Bonchev–Trinajstić information content (AvgIpc) is 2.98. The van der Waals surface area contributed by atoms with Crippen molar-refractivity contribution in [2.45, 2.75) is 13.0 Å². The second-order valence-electron chi connectivity index (χ2n) is 4.34. The first-order valence-electron chi connectivity index (χ1n) is 6.40. The summed E-state index contributed by atoms with van der Waals surface area (Å²) < 4.78 is 4.62. The molecular weight excluding hydrogens is 288 g/mol. The zero-order valence-corrected chi connectivity index (χ0v) is 12.4.